The molecular formula is C8H12N2. The molecule has 1 aromatic heterocycles. The van der Waals surface area contributed by atoms with Crippen molar-refractivity contribution >= 4 is 0 Å². The fourth-order valence-corrected chi connectivity index (χ4v) is 1.42. The predicted molar refractivity (Wildman–Crippen MR) is 40.8 cm³/mol. The second-order valence-electron chi connectivity index (χ2n) is 2.72. The fourth-order valence-electron chi connectivity index (χ4n) is 1.42. The van der Waals surface area contributed by atoms with Crippen molar-refractivity contribution in [2.24, 2.45) is 0 Å². The highest BCUT2D eigenvalue weighted by atomic mass is 15.0. The summed E-state index contributed by atoms with van der Waals surface area (Å²) in [6.07, 6.45) is 3.41. The lowest BCUT2D eigenvalue weighted by molar-refractivity contribution is 0.645. The van der Waals surface area contributed by atoms with Gasteiger partial charge in [-0.25, -0.2) is 0 Å². The van der Waals surface area contributed by atoms with Crippen molar-refractivity contribution in [1.82, 2.24) is 9.88 Å². The van der Waals surface area contributed by atoms with E-state index in [-0.39, 0.29) is 0 Å². The summed E-state index contributed by atoms with van der Waals surface area (Å²) in [5.41, 5.74) is 1.41. The monoisotopic (exact) mass is 136 g/mol. The number of fused-ring (bicyclic) bond motifs is 1. The Hall–Kier alpha value is -0.760. The van der Waals surface area contributed by atoms with Crippen molar-refractivity contribution in [2.45, 2.75) is 19.5 Å². The van der Waals surface area contributed by atoms with Gasteiger partial charge in [0.1, 0.15) is 0 Å². The number of nitrogens with zero attached hydrogens (tertiary/aromatic N) is 1. The van der Waals surface area contributed by atoms with Crippen LogP contribution in [0.15, 0.2) is 18.3 Å². The summed E-state index contributed by atoms with van der Waals surface area (Å²) >= 11 is 0. The van der Waals surface area contributed by atoms with Crippen LogP contribution < -0.4 is 5.32 Å². The fraction of sp³-hybridized carbons (Fsp3) is 0.500. The number of aromatic nitrogens is 1. The van der Waals surface area contributed by atoms with E-state index in [4.69, 9.17) is 0 Å². The van der Waals surface area contributed by atoms with E-state index >= 15 is 0 Å². The minimum Gasteiger partial charge on any atom is -0.350 e. The van der Waals surface area contributed by atoms with Gasteiger partial charge in [0.2, 0.25) is 0 Å². The van der Waals surface area contributed by atoms with Gasteiger partial charge in [0.25, 0.3) is 0 Å². The molecule has 0 bridgehead atoms. The molecule has 2 nitrogen and oxygen atoms in total. The van der Waals surface area contributed by atoms with Crippen LogP contribution in [0.4, 0.5) is 0 Å². The van der Waals surface area contributed by atoms with Crippen molar-refractivity contribution in [1.29, 1.82) is 0 Å². The molecule has 1 N–H and O–H groups in total. The van der Waals surface area contributed by atoms with E-state index in [2.05, 4.69) is 28.2 Å². The first kappa shape index (κ1) is 5.98. The number of hydrogen-bond acceptors (Lipinski definition) is 1. The van der Waals surface area contributed by atoms with E-state index in [0.29, 0.717) is 0 Å². The molecule has 0 amide bonds. The second kappa shape index (κ2) is 2.46. The third kappa shape index (κ3) is 0.948. The average molecular weight is 136 g/mol. The van der Waals surface area contributed by atoms with Gasteiger partial charge in [0.15, 0.2) is 0 Å². The Morgan fingerprint density at radius 1 is 1.50 bits per heavy atom. The van der Waals surface area contributed by atoms with Gasteiger partial charge in [-0.1, -0.05) is 0 Å². The Morgan fingerprint density at radius 2 is 2.50 bits per heavy atom. The molecule has 0 aromatic carbocycles. The van der Waals surface area contributed by atoms with Gasteiger partial charge in [-0.3, -0.25) is 0 Å². The standard InChI is InChI=1S/C8H12N2/c1-3-8-7-9-4-2-6-10(8)5-1/h1,3,5,9H,2,4,6-7H2. The summed E-state index contributed by atoms with van der Waals surface area (Å²) in [5, 5.41) is 3.37. The van der Waals surface area contributed by atoms with Gasteiger partial charge in [-0.2, -0.15) is 0 Å². The molecule has 10 heavy (non-hydrogen) atoms. The molecule has 0 radical (unpaired) electrons. The lowest BCUT2D eigenvalue weighted by Gasteiger charge is -2.00. The molecule has 0 aliphatic carbocycles. The molecule has 0 saturated heterocycles. The zero-order valence-corrected chi connectivity index (χ0v) is 6.01. The zero-order valence-electron chi connectivity index (χ0n) is 6.01. The van der Waals surface area contributed by atoms with Crippen molar-refractivity contribution in [3.05, 3.63) is 24.0 Å². The highest BCUT2D eigenvalue weighted by Crippen LogP contribution is 2.05. The largest absolute Gasteiger partial charge is 0.350 e. The zero-order chi connectivity index (χ0) is 6.81. The molecule has 1 aliphatic rings. The van der Waals surface area contributed by atoms with Crippen LogP contribution in [-0.2, 0) is 13.1 Å². The third-order valence-electron chi connectivity index (χ3n) is 1.98. The summed E-state index contributed by atoms with van der Waals surface area (Å²) in [6.45, 7) is 3.37. The van der Waals surface area contributed by atoms with Gasteiger partial charge in [-0.05, 0) is 25.1 Å². The molecular weight excluding hydrogens is 124 g/mol. The molecule has 0 fully saturated rings. The van der Waals surface area contributed by atoms with E-state index in [1.165, 1.54) is 18.7 Å². The van der Waals surface area contributed by atoms with Crippen molar-refractivity contribution in [3.8, 4) is 0 Å². The van der Waals surface area contributed by atoms with E-state index < -0.39 is 0 Å². The van der Waals surface area contributed by atoms with Crippen LogP contribution in [-0.4, -0.2) is 11.1 Å². The SMILES string of the molecule is c1cc2n(c1)CCCNC2. The number of rotatable bonds is 0. The van der Waals surface area contributed by atoms with Crippen LogP contribution in [0, 0.1) is 0 Å². The molecule has 54 valence electrons. The first-order valence-corrected chi connectivity index (χ1v) is 3.81. The number of aryl methyl sites for hydroxylation is 1. The van der Waals surface area contributed by atoms with Crippen LogP contribution in [0.5, 0.6) is 0 Å². The van der Waals surface area contributed by atoms with Crippen LogP contribution in [0.2, 0.25) is 0 Å². The van der Waals surface area contributed by atoms with Crippen molar-refractivity contribution in [3.63, 3.8) is 0 Å². The van der Waals surface area contributed by atoms with Crippen LogP contribution in [0.1, 0.15) is 12.1 Å². The summed E-state index contributed by atoms with van der Waals surface area (Å²) in [6, 6.07) is 4.29. The summed E-state index contributed by atoms with van der Waals surface area (Å²) in [7, 11) is 0. The molecule has 0 spiro atoms. The van der Waals surface area contributed by atoms with Gasteiger partial charge in [0.05, 0.1) is 0 Å². The molecule has 2 heterocycles. The highest BCUT2D eigenvalue weighted by Gasteiger charge is 2.03. The highest BCUT2D eigenvalue weighted by molar-refractivity contribution is 5.07. The third-order valence-corrected chi connectivity index (χ3v) is 1.98. The van der Waals surface area contributed by atoms with E-state index in [0.717, 1.165) is 13.1 Å². The maximum atomic E-state index is 3.37. The number of nitrogens with one attached hydrogen (secondary N) is 1. The van der Waals surface area contributed by atoms with E-state index in [1.807, 2.05) is 0 Å². The van der Waals surface area contributed by atoms with Crippen LogP contribution >= 0.6 is 0 Å². The minimum atomic E-state index is 1.03. The minimum absolute atomic E-state index is 1.03. The van der Waals surface area contributed by atoms with Crippen LogP contribution in [0.25, 0.3) is 0 Å². The predicted octanol–water partition coefficient (Wildman–Crippen LogP) is 0.981. The molecule has 0 saturated carbocycles. The maximum absolute atomic E-state index is 3.37. The topological polar surface area (TPSA) is 17.0 Å². The van der Waals surface area contributed by atoms with Crippen molar-refractivity contribution in [2.75, 3.05) is 6.54 Å². The van der Waals surface area contributed by atoms with Gasteiger partial charge in [0, 0.05) is 25.0 Å². The molecule has 2 heteroatoms. The van der Waals surface area contributed by atoms with Crippen LogP contribution in [0.3, 0.4) is 0 Å². The average Bonchev–Trinajstić information content (AvgIpc) is 2.28. The maximum Gasteiger partial charge on any atom is 0.0359 e. The Bertz CT molecular complexity index is 194. The molecule has 1 aliphatic heterocycles. The lowest BCUT2D eigenvalue weighted by Crippen LogP contribution is -2.11. The summed E-state index contributed by atoms with van der Waals surface area (Å²) in [4.78, 5) is 0. The molecule has 0 atom stereocenters. The second-order valence-corrected chi connectivity index (χ2v) is 2.72. The molecule has 2 rings (SSSR count). The Morgan fingerprint density at radius 3 is 3.50 bits per heavy atom. The van der Waals surface area contributed by atoms with Gasteiger partial charge >= 0.3 is 0 Å². The number of hydrogen-bond donors (Lipinski definition) is 1. The first-order valence-electron chi connectivity index (χ1n) is 3.81. The van der Waals surface area contributed by atoms with Gasteiger partial charge < -0.3 is 9.88 Å². The van der Waals surface area contributed by atoms with E-state index in [9.17, 15) is 0 Å². The summed E-state index contributed by atoms with van der Waals surface area (Å²) in [5.74, 6) is 0. The van der Waals surface area contributed by atoms with Crippen molar-refractivity contribution < 1.29 is 0 Å². The summed E-state index contributed by atoms with van der Waals surface area (Å²) < 4.78 is 2.32. The molecule has 0 unspecified atom stereocenters. The quantitative estimate of drug-likeness (QED) is 0.562. The molecule has 1 aromatic rings. The smallest absolute Gasteiger partial charge is 0.0359 e. The normalized spacial score (nSPS) is 18.0. The van der Waals surface area contributed by atoms with E-state index in [1.54, 1.807) is 0 Å². The lowest BCUT2D eigenvalue weighted by atomic mass is 10.4. The van der Waals surface area contributed by atoms with Gasteiger partial charge in [-0.15, -0.1) is 0 Å². The Balaban J connectivity index is 2.28. The Kier molecular flexibility index (Phi) is 1.47. The Labute approximate surface area is 60.9 Å². The first-order chi connectivity index (χ1) is 4.97.